The molecular weight excluding hydrogens is 212 g/mol. The molecule has 0 atom stereocenters. The van der Waals surface area contributed by atoms with E-state index in [-0.39, 0.29) is 11.8 Å². The fraction of sp³-hybridized carbons (Fsp3) is 0.786. The van der Waals surface area contributed by atoms with E-state index >= 15 is 0 Å². The van der Waals surface area contributed by atoms with Gasteiger partial charge in [0, 0.05) is 19.0 Å². The van der Waals surface area contributed by atoms with Crippen LogP contribution in [-0.4, -0.2) is 25.5 Å². The van der Waals surface area contributed by atoms with Crippen molar-refractivity contribution in [2.24, 2.45) is 5.92 Å². The number of hydrogen-bond acceptors (Lipinski definition) is 2. The third-order valence-electron chi connectivity index (χ3n) is 3.29. The van der Waals surface area contributed by atoms with E-state index in [0.29, 0.717) is 0 Å². The van der Waals surface area contributed by atoms with Gasteiger partial charge in [0.2, 0.25) is 5.91 Å². The first-order valence-electron chi connectivity index (χ1n) is 6.94. The fourth-order valence-corrected chi connectivity index (χ4v) is 2.28. The average molecular weight is 238 g/mol. The molecule has 0 aromatic heterocycles. The molecule has 1 aliphatic rings. The Morgan fingerprint density at radius 2 is 2.12 bits per heavy atom. The lowest BCUT2D eigenvalue weighted by Gasteiger charge is -2.18. The van der Waals surface area contributed by atoms with Crippen LogP contribution in [0.2, 0.25) is 0 Å². The van der Waals surface area contributed by atoms with Crippen LogP contribution < -0.4 is 10.6 Å². The van der Waals surface area contributed by atoms with Gasteiger partial charge < -0.3 is 10.6 Å². The van der Waals surface area contributed by atoms with E-state index in [2.05, 4.69) is 30.6 Å². The van der Waals surface area contributed by atoms with Crippen LogP contribution in [0.4, 0.5) is 0 Å². The van der Waals surface area contributed by atoms with E-state index in [1.165, 1.54) is 5.57 Å². The van der Waals surface area contributed by atoms with Crippen LogP contribution in [0.25, 0.3) is 0 Å². The summed E-state index contributed by atoms with van der Waals surface area (Å²) in [7, 11) is 0. The Hall–Kier alpha value is -0.830. The van der Waals surface area contributed by atoms with E-state index in [1.54, 1.807) is 0 Å². The third kappa shape index (κ3) is 5.35. The molecule has 17 heavy (non-hydrogen) atoms. The maximum atomic E-state index is 12.0. The molecule has 0 saturated carbocycles. The van der Waals surface area contributed by atoms with Crippen LogP contribution in [-0.2, 0) is 4.79 Å². The summed E-state index contributed by atoms with van der Waals surface area (Å²) in [4.78, 5) is 12.0. The first-order chi connectivity index (χ1) is 8.27. The molecule has 0 fully saturated rings. The van der Waals surface area contributed by atoms with E-state index in [9.17, 15) is 4.79 Å². The highest BCUT2D eigenvalue weighted by atomic mass is 16.1. The molecule has 1 aliphatic heterocycles. The molecule has 1 rings (SSSR count). The summed E-state index contributed by atoms with van der Waals surface area (Å²) in [5, 5.41) is 6.36. The first kappa shape index (κ1) is 14.2. The molecule has 3 heteroatoms. The zero-order valence-corrected chi connectivity index (χ0v) is 11.2. The minimum absolute atomic E-state index is 0.215. The molecule has 1 amide bonds. The highest BCUT2D eigenvalue weighted by molar-refractivity contribution is 5.78. The zero-order valence-electron chi connectivity index (χ0n) is 11.2. The van der Waals surface area contributed by atoms with Crippen molar-refractivity contribution in [2.45, 2.75) is 46.0 Å². The predicted molar refractivity (Wildman–Crippen MR) is 71.9 cm³/mol. The monoisotopic (exact) mass is 238 g/mol. The number of carbonyl (C=O) groups excluding carboxylic acids is 1. The topological polar surface area (TPSA) is 41.1 Å². The Morgan fingerprint density at radius 1 is 1.41 bits per heavy atom. The molecule has 0 aliphatic carbocycles. The molecule has 3 nitrogen and oxygen atoms in total. The summed E-state index contributed by atoms with van der Waals surface area (Å²) < 4.78 is 0. The van der Waals surface area contributed by atoms with E-state index in [1.807, 2.05) is 0 Å². The second kappa shape index (κ2) is 8.29. The Morgan fingerprint density at radius 3 is 2.65 bits per heavy atom. The van der Waals surface area contributed by atoms with Crippen molar-refractivity contribution in [3.8, 4) is 0 Å². The van der Waals surface area contributed by atoms with Crippen LogP contribution in [0.15, 0.2) is 11.6 Å². The van der Waals surface area contributed by atoms with Crippen molar-refractivity contribution in [2.75, 3.05) is 19.6 Å². The molecule has 98 valence electrons. The molecule has 1 heterocycles. The summed E-state index contributed by atoms with van der Waals surface area (Å²) in [6.45, 7) is 7.01. The molecule has 0 saturated heterocycles. The Labute approximate surface area is 105 Å². The molecule has 2 N–H and O–H groups in total. The molecule has 0 spiro atoms. The summed E-state index contributed by atoms with van der Waals surface area (Å²) in [5.41, 5.74) is 1.36. The van der Waals surface area contributed by atoms with Gasteiger partial charge in [0.25, 0.3) is 0 Å². The van der Waals surface area contributed by atoms with Gasteiger partial charge in [-0.25, -0.2) is 0 Å². The van der Waals surface area contributed by atoms with E-state index in [0.717, 1.165) is 51.7 Å². The van der Waals surface area contributed by atoms with Crippen LogP contribution in [0.1, 0.15) is 46.0 Å². The molecule has 0 aromatic carbocycles. The van der Waals surface area contributed by atoms with Crippen LogP contribution >= 0.6 is 0 Å². The SMILES string of the molecule is CCCC(CCC)C(=O)NCC1=CCNCC1. The van der Waals surface area contributed by atoms with Gasteiger partial charge in [-0.15, -0.1) is 0 Å². The van der Waals surface area contributed by atoms with Gasteiger partial charge in [-0.3, -0.25) is 4.79 Å². The van der Waals surface area contributed by atoms with Crippen LogP contribution in [0.3, 0.4) is 0 Å². The van der Waals surface area contributed by atoms with Gasteiger partial charge in [0.15, 0.2) is 0 Å². The minimum Gasteiger partial charge on any atom is -0.352 e. The predicted octanol–water partition coefficient (Wildman–Crippen LogP) is 2.24. The highest BCUT2D eigenvalue weighted by Gasteiger charge is 2.16. The number of carbonyl (C=O) groups is 1. The lowest BCUT2D eigenvalue weighted by molar-refractivity contribution is -0.125. The number of nitrogens with one attached hydrogen (secondary N) is 2. The van der Waals surface area contributed by atoms with Crippen molar-refractivity contribution in [1.29, 1.82) is 0 Å². The number of hydrogen-bond donors (Lipinski definition) is 2. The summed E-state index contributed by atoms with van der Waals surface area (Å²) in [5.74, 6) is 0.459. The smallest absolute Gasteiger partial charge is 0.223 e. The lowest BCUT2D eigenvalue weighted by atomic mass is 9.97. The lowest BCUT2D eigenvalue weighted by Crippen LogP contribution is -2.34. The first-order valence-corrected chi connectivity index (χ1v) is 6.94. The van der Waals surface area contributed by atoms with Crippen LogP contribution in [0.5, 0.6) is 0 Å². The van der Waals surface area contributed by atoms with Gasteiger partial charge in [0.05, 0.1) is 0 Å². The second-order valence-corrected chi connectivity index (χ2v) is 4.81. The maximum absolute atomic E-state index is 12.0. The van der Waals surface area contributed by atoms with E-state index in [4.69, 9.17) is 0 Å². The molecule has 0 unspecified atom stereocenters. The summed E-state index contributed by atoms with van der Waals surface area (Å²) >= 11 is 0. The Bertz CT molecular complexity index is 255. The fourth-order valence-electron chi connectivity index (χ4n) is 2.28. The molecule has 0 bridgehead atoms. The van der Waals surface area contributed by atoms with Gasteiger partial charge in [-0.05, 0) is 25.8 Å². The Balaban J connectivity index is 2.32. The minimum atomic E-state index is 0.215. The maximum Gasteiger partial charge on any atom is 0.223 e. The van der Waals surface area contributed by atoms with E-state index < -0.39 is 0 Å². The van der Waals surface area contributed by atoms with Gasteiger partial charge in [-0.1, -0.05) is 38.3 Å². The zero-order chi connectivity index (χ0) is 12.5. The number of rotatable bonds is 7. The average Bonchev–Trinajstić information content (AvgIpc) is 2.37. The van der Waals surface area contributed by atoms with Gasteiger partial charge >= 0.3 is 0 Å². The van der Waals surface area contributed by atoms with Crippen molar-refractivity contribution in [1.82, 2.24) is 10.6 Å². The van der Waals surface area contributed by atoms with Crippen molar-refractivity contribution in [3.63, 3.8) is 0 Å². The third-order valence-corrected chi connectivity index (χ3v) is 3.29. The quantitative estimate of drug-likeness (QED) is 0.668. The summed E-state index contributed by atoms with van der Waals surface area (Å²) in [6, 6.07) is 0. The molecule has 0 radical (unpaired) electrons. The van der Waals surface area contributed by atoms with Gasteiger partial charge in [0.1, 0.15) is 0 Å². The largest absolute Gasteiger partial charge is 0.352 e. The van der Waals surface area contributed by atoms with Gasteiger partial charge in [-0.2, -0.15) is 0 Å². The normalized spacial score (nSPS) is 15.8. The molecular formula is C14H26N2O. The van der Waals surface area contributed by atoms with Crippen LogP contribution in [0, 0.1) is 5.92 Å². The number of amides is 1. The van der Waals surface area contributed by atoms with Crippen molar-refractivity contribution in [3.05, 3.63) is 11.6 Å². The Kier molecular flexibility index (Phi) is 6.94. The summed E-state index contributed by atoms with van der Waals surface area (Å²) in [6.07, 6.45) is 7.46. The van der Waals surface area contributed by atoms with Crippen molar-refractivity contribution >= 4 is 5.91 Å². The molecule has 0 aromatic rings. The second-order valence-electron chi connectivity index (χ2n) is 4.81. The van der Waals surface area contributed by atoms with Crippen molar-refractivity contribution < 1.29 is 4.79 Å². The standard InChI is InChI=1S/C14H26N2O/c1-3-5-13(6-4-2)14(17)16-11-12-7-9-15-10-8-12/h7,13,15H,3-6,8-11H2,1-2H3,(H,16,17). The highest BCUT2D eigenvalue weighted by Crippen LogP contribution is 2.13.